The number of amides is 1. The van der Waals surface area contributed by atoms with Crippen LogP contribution in [0.2, 0.25) is 0 Å². The van der Waals surface area contributed by atoms with Gasteiger partial charge in [-0.05, 0) is 38.1 Å². The van der Waals surface area contributed by atoms with E-state index >= 15 is 0 Å². The number of nitrogens with zero attached hydrogens (tertiary/aromatic N) is 3. The Labute approximate surface area is 135 Å². The van der Waals surface area contributed by atoms with Crippen LogP contribution in [-0.4, -0.2) is 40.4 Å². The Balaban J connectivity index is 1.63. The number of benzene rings is 1. The Hall–Kier alpha value is -2.47. The number of likely N-dealkylation sites (tertiary alicyclic amines) is 1. The van der Waals surface area contributed by atoms with Crippen LogP contribution in [0.5, 0.6) is 11.6 Å². The number of carbonyl (C=O) groups excluding carboxylic acids is 1. The Morgan fingerprint density at radius 3 is 2.65 bits per heavy atom. The number of primary amides is 1. The van der Waals surface area contributed by atoms with Gasteiger partial charge in [-0.3, -0.25) is 14.7 Å². The van der Waals surface area contributed by atoms with E-state index in [9.17, 15) is 4.79 Å². The molecule has 0 radical (unpaired) electrons. The Morgan fingerprint density at radius 1 is 1.22 bits per heavy atom. The smallest absolute Gasteiger partial charge is 0.238 e. The molecule has 2 heterocycles. The SMILES string of the molecule is NC(=O)CN1CCC(c2cncc(Oc3ccccc3)n2)CC1. The van der Waals surface area contributed by atoms with E-state index in [1.54, 1.807) is 12.4 Å². The minimum atomic E-state index is -0.276. The van der Waals surface area contributed by atoms with Gasteiger partial charge in [-0.2, -0.15) is 0 Å². The van der Waals surface area contributed by atoms with Crippen molar-refractivity contribution in [2.24, 2.45) is 5.73 Å². The van der Waals surface area contributed by atoms with Crippen molar-refractivity contribution in [1.82, 2.24) is 14.9 Å². The van der Waals surface area contributed by atoms with Crippen LogP contribution in [0.15, 0.2) is 42.7 Å². The number of ether oxygens (including phenoxy) is 1. The van der Waals surface area contributed by atoms with Gasteiger partial charge in [-0.25, -0.2) is 4.98 Å². The summed E-state index contributed by atoms with van der Waals surface area (Å²) in [6.45, 7) is 2.02. The van der Waals surface area contributed by atoms with Crippen molar-refractivity contribution in [2.75, 3.05) is 19.6 Å². The lowest BCUT2D eigenvalue weighted by atomic mass is 9.94. The zero-order chi connectivity index (χ0) is 16.1. The van der Waals surface area contributed by atoms with Gasteiger partial charge in [-0.1, -0.05) is 18.2 Å². The maximum atomic E-state index is 11.0. The van der Waals surface area contributed by atoms with Gasteiger partial charge in [0.25, 0.3) is 0 Å². The molecular weight excluding hydrogens is 292 g/mol. The van der Waals surface area contributed by atoms with Gasteiger partial charge >= 0.3 is 0 Å². The molecular formula is C17H20N4O2. The van der Waals surface area contributed by atoms with Crippen LogP contribution in [0, 0.1) is 0 Å². The summed E-state index contributed by atoms with van der Waals surface area (Å²) in [6.07, 6.45) is 5.30. The summed E-state index contributed by atoms with van der Waals surface area (Å²) in [5.41, 5.74) is 6.18. The van der Waals surface area contributed by atoms with Crippen molar-refractivity contribution in [3.63, 3.8) is 0 Å². The molecule has 0 unspecified atom stereocenters. The second-order valence-electron chi connectivity index (χ2n) is 5.71. The van der Waals surface area contributed by atoms with E-state index in [1.165, 1.54) is 0 Å². The molecule has 0 bridgehead atoms. The van der Waals surface area contributed by atoms with E-state index in [1.807, 2.05) is 30.3 Å². The van der Waals surface area contributed by atoms with Crippen LogP contribution in [0.4, 0.5) is 0 Å². The second-order valence-corrected chi connectivity index (χ2v) is 5.71. The molecule has 1 aromatic carbocycles. The highest BCUT2D eigenvalue weighted by atomic mass is 16.5. The van der Waals surface area contributed by atoms with Crippen molar-refractivity contribution in [2.45, 2.75) is 18.8 Å². The van der Waals surface area contributed by atoms with Gasteiger partial charge in [0.05, 0.1) is 18.4 Å². The Kier molecular flexibility index (Phi) is 4.83. The number of rotatable bonds is 5. The van der Waals surface area contributed by atoms with Crippen LogP contribution < -0.4 is 10.5 Å². The highest BCUT2D eigenvalue weighted by molar-refractivity contribution is 5.75. The molecule has 6 heteroatoms. The second kappa shape index (κ2) is 7.19. The highest BCUT2D eigenvalue weighted by Gasteiger charge is 2.23. The molecule has 0 spiro atoms. The molecule has 1 aliphatic heterocycles. The summed E-state index contributed by atoms with van der Waals surface area (Å²) in [5.74, 6) is 1.32. The molecule has 120 valence electrons. The van der Waals surface area contributed by atoms with Gasteiger partial charge in [0.2, 0.25) is 11.8 Å². The molecule has 6 nitrogen and oxygen atoms in total. The van der Waals surface area contributed by atoms with Crippen molar-refractivity contribution >= 4 is 5.91 Å². The lowest BCUT2D eigenvalue weighted by Gasteiger charge is -2.30. The van der Waals surface area contributed by atoms with Crippen molar-refractivity contribution in [1.29, 1.82) is 0 Å². The summed E-state index contributed by atoms with van der Waals surface area (Å²) in [4.78, 5) is 21.9. The van der Waals surface area contributed by atoms with Gasteiger partial charge in [0.1, 0.15) is 5.75 Å². The first-order valence-corrected chi connectivity index (χ1v) is 7.76. The molecule has 1 aliphatic rings. The zero-order valence-electron chi connectivity index (χ0n) is 12.9. The maximum Gasteiger partial charge on any atom is 0.238 e. The van der Waals surface area contributed by atoms with Crippen LogP contribution in [-0.2, 0) is 4.79 Å². The van der Waals surface area contributed by atoms with E-state index < -0.39 is 0 Å². The fraction of sp³-hybridized carbons (Fsp3) is 0.353. The van der Waals surface area contributed by atoms with Crippen molar-refractivity contribution in [3.05, 3.63) is 48.4 Å². The summed E-state index contributed by atoms with van der Waals surface area (Å²) in [7, 11) is 0. The third kappa shape index (κ3) is 4.26. The largest absolute Gasteiger partial charge is 0.437 e. The standard InChI is InChI=1S/C17H20N4O2/c18-16(22)12-21-8-6-13(7-9-21)15-10-19-11-17(20-15)23-14-4-2-1-3-5-14/h1-5,10-11,13H,6-9,12H2,(H2,18,22). The summed E-state index contributed by atoms with van der Waals surface area (Å²) in [5, 5.41) is 0. The van der Waals surface area contributed by atoms with Gasteiger partial charge < -0.3 is 10.5 Å². The average molecular weight is 312 g/mol. The number of para-hydroxylation sites is 1. The maximum absolute atomic E-state index is 11.0. The van der Waals surface area contributed by atoms with Crippen LogP contribution in [0.1, 0.15) is 24.5 Å². The number of hydrogen-bond donors (Lipinski definition) is 1. The lowest BCUT2D eigenvalue weighted by molar-refractivity contribution is -0.119. The van der Waals surface area contributed by atoms with Gasteiger partial charge in [0.15, 0.2) is 0 Å². The first-order valence-electron chi connectivity index (χ1n) is 7.76. The Bertz CT molecular complexity index is 655. The molecule has 0 aliphatic carbocycles. The predicted molar refractivity (Wildman–Crippen MR) is 86.2 cm³/mol. The topological polar surface area (TPSA) is 81.3 Å². The van der Waals surface area contributed by atoms with Gasteiger partial charge in [-0.15, -0.1) is 0 Å². The summed E-state index contributed by atoms with van der Waals surface area (Å²) in [6, 6.07) is 9.55. The number of nitrogens with two attached hydrogens (primary N) is 1. The quantitative estimate of drug-likeness (QED) is 0.912. The molecule has 1 amide bonds. The minimum Gasteiger partial charge on any atom is -0.437 e. The Morgan fingerprint density at radius 2 is 1.96 bits per heavy atom. The molecule has 1 saturated heterocycles. The molecule has 2 aromatic rings. The number of piperidine rings is 1. The zero-order valence-corrected chi connectivity index (χ0v) is 12.9. The fourth-order valence-electron chi connectivity index (χ4n) is 2.82. The van der Waals surface area contributed by atoms with Crippen molar-refractivity contribution < 1.29 is 9.53 Å². The summed E-state index contributed by atoms with van der Waals surface area (Å²) < 4.78 is 5.74. The first kappa shape index (κ1) is 15.4. The normalized spacial score (nSPS) is 16.2. The van der Waals surface area contributed by atoms with E-state index in [2.05, 4.69) is 14.9 Å². The van der Waals surface area contributed by atoms with E-state index in [4.69, 9.17) is 10.5 Å². The average Bonchev–Trinajstić information content (AvgIpc) is 2.56. The lowest BCUT2D eigenvalue weighted by Crippen LogP contribution is -2.39. The molecule has 23 heavy (non-hydrogen) atoms. The molecule has 0 atom stereocenters. The fourth-order valence-corrected chi connectivity index (χ4v) is 2.82. The van der Waals surface area contributed by atoms with E-state index in [-0.39, 0.29) is 5.91 Å². The number of aromatic nitrogens is 2. The number of carbonyl (C=O) groups is 1. The van der Waals surface area contributed by atoms with E-state index in [0.29, 0.717) is 18.3 Å². The van der Waals surface area contributed by atoms with E-state index in [0.717, 1.165) is 37.4 Å². The molecule has 3 rings (SSSR count). The van der Waals surface area contributed by atoms with Crippen molar-refractivity contribution in [3.8, 4) is 11.6 Å². The van der Waals surface area contributed by atoms with Gasteiger partial charge in [0, 0.05) is 12.1 Å². The molecule has 0 saturated carbocycles. The van der Waals surface area contributed by atoms with Crippen LogP contribution in [0.3, 0.4) is 0 Å². The monoisotopic (exact) mass is 312 g/mol. The molecule has 1 fully saturated rings. The summed E-state index contributed by atoms with van der Waals surface area (Å²) >= 11 is 0. The minimum absolute atomic E-state index is 0.276. The first-order chi connectivity index (χ1) is 11.2. The third-order valence-electron chi connectivity index (χ3n) is 3.98. The third-order valence-corrected chi connectivity index (χ3v) is 3.98. The molecule has 2 N–H and O–H groups in total. The predicted octanol–water partition coefficient (Wildman–Crippen LogP) is 1.93. The number of hydrogen-bond acceptors (Lipinski definition) is 5. The highest BCUT2D eigenvalue weighted by Crippen LogP contribution is 2.28. The molecule has 1 aromatic heterocycles. The van der Waals surface area contributed by atoms with Crippen LogP contribution in [0.25, 0.3) is 0 Å². The van der Waals surface area contributed by atoms with Crippen LogP contribution >= 0.6 is 0 Å².